The fourth-order valence-electron chi connectivity index (χ4n) is 3.23. The molecule has 4 rings (SSSR count). The molecular weight excluding hydrogens is 489 g/mol. The Morgan fingerprint density at radius 1 is 1.16 bits per heavy atom. The molecule has 11 heteroatoms. The van der Waals surface area contributed by atoms with Crippen molar-refractivity contribution in [3.63, 3.8) is 0 Å². The number of amides is 1. The van der Waals surface area contributed by atoms with E-state index in [0.29, 0.717) is 20.2 Å². The molecule has 32 heavy (non-hydrogen) atoms. The molecule has 0 unspecified atom stereocenters. The van der Waals surface area contributed by atoms with Gasteiger partial charge in [0.05, 0.1) is 28.6 Å². The molecule has 7 nitrogen and oxygen atoms in total. The van der Waals surface area contributed by atoms with Gasteiger partial charge in [0.25, 0.3) is 5.91 Å². The lowest BCUT2D eigenvalue weighted by Crippen LogP contribution is -2.25. The van der Waals surface area contributed by atoms with Crippen molar-refractivity contribution in [1.82, 2.24) is 29.7 Å². The van der Waals surface area contributed by atoms with E-state index in [-0.39, 0.29) is 23.6 Å². The third kappa shape index (κ3) is 4.12. The van der Waals surface area contributed by atoms with Gasteiger partial charge < -0.3 is 5.32 Å². The van der Waals surface area contributed by atoms with Crippen LogP contribution in [0.3, 0.4) is 0 Å². The zero-order chi connectivity index (χ0) is 23.2. The first-order valence-electron chi connectivity index (χ1n) is 9.55. The van der Waals surface area contributed by atoms with E-state index in [9.17, 15) is 18.0 Å². The van der Waals surface area contributed by atoms with Gasteiger partial charge in [-0.2, -0.15) is 23.4 Å². The number of nitrogens with zero attached hydrogens (tertiary/aromatic N) is 5. The highest BCUT2D eigenvalue weighted by atomic mass is 79.9. The zero-order valence-electron chi connectivity index (χ0n) is 17.3. The third-order valence-corrected chi connectivity index (χ3v) is 5.84. The summed E-state index contributed by atoms with van der Waals surface area (Å²) in [6.45, 7) is 3.92. The topological polar surface area (TPSA) is 77.1 Å². The number of hydrogen-bond acceptors (Lipinski definition) is 4. The molecule has 3 heterocycles. The van der Waals surface area contributed by atoms with E-state index in [1.165, 1.54) is 6.07 Å². The molecule has 0 aliphatic carbocycles. The Balaban J connectivity index is 1.73. The normalized spacial score (nSPS) is 11.8. The Bertz CT molecular complexity index is 1320. The Hall–Kier alpha value is -3.21. The molecule has 3 aromatic heterocycles. The van der Waals surface area contributed by atoms with Crippen LogP contribution >= 0.6 is 15.9 Å². The molecule has 0 aliphatic rings. The average molecular weight is 507 g/mol. The van der Waals surface area contributed by atoms with E-state index in [1.807, 2.05) is 19.9 Å². The first kappa shape index (κ1) is 22.0. The summed E-state index contributed by atoms with van der Waals surface area (Å²) in [6.07, 6.45) is -3.10. The second-order valence-corrected chi connectivity index (χ2v) is 8.22. The lowest BCUT2D eigenvalue weighted by molar-refractivity contribution is -0.142. The summed E-state index contributed by atoms with van der Waals surface area (Å²) in [4.78, 5) is 16.9. The summed E-state index contributed by atoms with van der Waals surface area (Å²) in [5, 5.41) is 10.6. The van der Waals surface area contributed by atoms with E-state index in [2.05, 4.69) is 36.4 Å². The predicted octanol–water partition coefficient (Wildman–Crippen LogP) is 4.46. The van der Waals surface area contributed by atoms with Gasteiger partial charge in [-0.15, -0.1) is 0 Å². The van der Waals surface area contributed by atoms with Crippen LogP contribution in [0.5, 0.6) is 0 Å². The van der Waals surface area contributed by atoms with Crippen molar-refractivity contribution < 1.29 is 18.0 Å². The van der Waals surface area contributed by atoms with Crippen LogP contribution in [0, 0.1) is 13.8 Å². The quantitative estimate of drug-likeness (QED) is 0.443. The summed E-state index contributed by atoms with van der Waals surface area (Å²) in [6, 6.07) is 7.52. The Morgan fingerprint density at radius 3 is 2.53 bits per heavy atom. The number of alkyl halides is 3. The SMILES string of the molecule is Cc1ccc(-c2cc(C(F)(F)F)n3nc(C(=O)NCc4c(Br)cnn4C)cc3n2)cc1C. The fraction of sp³-hybridized carbons (Fsp3) is 0.238. The van der Waals surface area contributed by atoms with Crippen molar-refractivity contribution in [3.8, 4) is 11.3 Å². The fourth-order valence-corrected chi connectivity index (χ4v) is 3.71. The summed E-state index contributed by atoms with van der Waals surface area (Å²) in [7, 11) is 1.71. The van der Waals surface area contributed by atoms with Crippen LogP contribution in [0.2, 0.25) is 0 Å². The minimum atomic E-state index is -4.69. The van der Waals surface area contributed by atoms with E-state index in [4.69, 9.17) is 0 Å². The highest BCUT2D eigenvalue weighted by molar-refractivity contribution is 9.10. The predicted molar refractivity (Wildman–Crippen MR) is 115 cm³/mol. The maximum absolute atomic E-state index is 13.8. The van der Waals surface area contributed by atoms with Crippen LogP contribution in [0.25, 0.3) is 16.9 Å². The highest BCUT2D eigenvalue weighted by Gasteiger charge is 2.35. The summed E-state index contributed by atoms with van der Waals surface area (Å²) in [5.41, 5.74) is 2.12. The van der Waals surface area contributed by atoms with E-state index < -0.39 is 17.8 Å². The zero-order valence-corrected chi connectivity index (χ0v) is 18.9. The first-order valence-corrected chi connectivity index (χ1v) is 10.3. The largest absolute Gasteiger partial charge is 0.433 e. The Labute approximate surface area is 189 Å². The Morgan fingerprint density at radius 2 is 1.91 bits per heavy atom. The smallest absolute Gasteiger partial charge is 0.345 e. The number of rotatable bonds is 4. The van der Waals surface area contributed by atoms with Crippen molar-refractivity contribution in [2.24, 2.45) is 7.05 Å². The van der Waals surface area contributed by atoms with Crippen LogP contribution in [0.15, 0.2) is 41.0 Å². The van der Waals surface area contributed by atoms with Gasteiger partial charge in [0, 0.05) is 18.7 Å². The van der Waals surface area contributed by atoms with Gasteiger partial charge in [0.15, 0.2) is 17.0 Å². The number of halogens is 4. The Kier molecular flexibility index (Phi) is 5.53. The number of nitrogens with one attached hydrogen (secondary N) is 1. The molecule has 166 valence electrons. The van der Waals surface area contributed by atoms with Gasteiger partial charge >= 0.3 is 6.18 Å². The number of aromatic nitrogens is 5. The molecule has 0 radical (unpaired) electrons. The second-order valence-electron chi connectivity index (χ2n) is 7.37. The summed E-state index contributed by atoms with van der Waals surface area (Å²) >= 11 is 3.33. The lowest BCUT2D eigenvalue weighted by atomic mass is 10.0. The van der Waals surface area contributed by atoms with Crippen LogP contribution < -0.4 is 5.32 Å². The number of aryl methyl sites for hydroxylation is 3. The van der Waals surface area contributed by atoms with E-state index in [0.717, 1.165) is 17.2 Å². The molecule has 0 spiro atoms. The lowest BCUT2D eigenvalue weighted by Gasteiger charge is -2.11. The highest BCUT2D eigenvalue weighted by Crippen LogP contribution is 2.32. The number of fused-ring (bicyclic) bond motifs is 1. The van der Waals surface area contributed by atoms with Crippen molar-refractivity contribution in [2.75, 3.05) is 0 Å². The van der Waals surface area contributed by atoms with Crippen LogP contribution in [-0.2, 0) is 19.8 Å². The monoisotopic (exact) mass is 506 g/mol. The number of carbonyl (C=O) groups is 1. The molecule has 0 bridgehead atoms. The van der Waals surface area contributed by atoms with Crippen molar-refractivity contribution >= 4 is 27.5 Å². The van der Waals surface area contributed by atoms with Gasteiger partial charge in [-0.1, -0.05) is 12.1 Å². The summed E-state index contributed by atoms with van der Waals surface area (Å²) < 4.78 is 44.3. The summed E-state index contributed by atoms with van der Waals surface area (Å²) in [5.74, 6) is -0.621. The van der Waals surface area contributed by atoms with Gasteiger partial charge in [-0.25, -0.2) is 9.50 Å². The van der Waals surface area contributed by atoms with Crippen molar-refractivity contribution in [2.45, 2.75) is 26.6 Å². The molecular formula is C21H18BrF3N6O. The molecule has 0 fully saturated rings. The molecule has 1 amide bonds. The van der Waals surface area contributed by atoms with Gasteiger partial charge in [-0.05, 0) is 53.0 Å². The van der Waals surface area contributed by atoms with Crippen molar-refractivity contribution in [1.29, 1.82) is 0 Å². The average Bonchev–Trinajstić information content (AvgIpc) is 3.30. The second kappa shape index (κ2) is 8.05. The molecule has 1 N–H and O–H groups in total. The van der Waals surface area contributed by atoms with Gasteiger partial charge in [-0.3, -0.25) is 9.48 Å². The third-order valence-electron chi connectivity index (χ3n) is 5.18. The number of benzene rings is 1. The molecule has 1 aromatic carbocycles. The standard InChI is InChI=1S/C21H18BrF3N6O/c1-11-4-5-13(6-12(11)2)15-7-18(21(23,24)25)31-19(28-15)8-16(29-31)20(32)26-10-17-14(22)9-27-30(17)3/h4-9H,10H2,1-3H3,(H,26,32). The molecule has 0 saturated heterocycles. The van der Waals surface area contributed by atoms with Crippen LogP contribution in [0.4, 0.5) is 13.2 Å². The minimum absolute atomic E-state index is 0.0695. The molecule has 4 aromatic rings. The van der Waals surface area contributed by atoms with Crippen LogP contribution in [0.1, 0.15) is 33.0 Å². The number of carbonyl (C=O) groups excluding carboxylic acids is 1. The van der Waals surface area contributed by atoms with Crippen molar-refractivity contribution in [3.05, 3.63) is 69.2 Å². The first-order chi connectivity index (χ1) is 15.0. The maximum atomic E-state index is 13.8. The molecule has 0 saturated carbocycles. The van der Waals surface area contributed by atoms with Gasteiger partial charge in [0.1, 0.15) is 0 Å². The van der Waals surface area contributed by atoms with Gasteiger partial charge in [0.2, 0.25) is 0 Å². The number of hydrogen-bond donors (Lipinski definition) is 1. The molecule has 0 atom stereocenters. The van der Waals surface area contributed by atoms with E-state index in [1.54, 1.807) is 30.1 Å². The maximum Gasteiger partial charge on any atom is 0.433 e. The minimum Gasteiger partial charge on any atom is -0.345 e. The van der Waals surface area contributed by atoms with Crippen LogP contribution in [-0.4, -0.2) is 30.3 Å². The molecule has 0 aliphatic heterocycles. The van der Waals surface area contributed by atoms with E-state index >= 15 is 0 Å².